The Bertz CT molecular complexity index is 1710. The molecule has 0 bridgehead atoms. The van der Waals surface area contributed by atoms with Gasteiger partial charge in [-0.2, -0.15) is 0 Å². The van der Waals surface area contributed by atoms with E-state index in [1.807, 2.05) is 40.6 Å². The number of Topliss-reactive ketones (excluding diaryl/α,β-unsaturated/α-hetero) is 3. The lowest BCUT2D eigenvalue weighted by atomic mass is 9.64. The van der Waals surface area contributed by atoms with Gasteiger partial charge in [0.2, 0.25) is 0 Å². The Balaban J connectivity index is 1.58. The molecule has 0 N–H and O–H groups in total. The third-order valence-corrected chi connectivity index (χ3v) is 9.78. The van der Waals surface area contributed by atoms with Crippen molar-refractivity contribution < 1.29 is 14.4 Å². The van der Waals surface area contributed by atoms with Crippen molar-refractivity contribution in [2.24, 2.45) is 5.41 Å². The van der Waals surface area contributed by atoms with Crippen LogP contribution >= 0.6 is 46.1 Å². The Labute approximate surface area is 243 Å². The van der Waals surface area contributed by atoms with Crippen LogP contribution in [0.2, 0.25) is 15.1 Å². The van der Waals surface area contributed by atoms with Crippen molar-refractivity contribution in [3.63, 3.8) is 0 Å². The van der Waals surface area contributed by atoms with Gasteiger partial charge >= 0.3 is 0 Å². The highest BCUT2D eigenvalue weighted by Crippen LogP contribution is 2.61. The average Bonchev–Trinajstić information content (AvgIpc) is 3.62. The number of ketones is 3. The summed E-state index contributed by atoms with van der Waals surface area (Å²) < 4.78 is 0. The number of benzene rings is 3. The van der Waals surface area contributed by atoms with Gasteiger partial charge in [-0.1, -0.05) is 83.4 Å². The number of fused-ring (bicyclic) bond motifs is 5. The Kier molecular flexibility index (Phi) is 5.66. The number of hydrogen-bond acceptors (Lipinski definition) is 5. The first-order valence-electron chi connectivity index (χ1n) is 12.3. The van der Waals surface area contributed by atoms with Gasteiger partial charge in [-0.25, -0.2) is 0 Å². The van der Waals surface area contributed by atoms with Crippen LogP contribution in [-0.2, 0) is 0 Å². The monoisotopic (exact) mass is 589 g/mol. The lowest BCUT2D eigenvalue weighted by molar-refractivity contribution is 0.0666. The van der Waals surface area contributed by atoms with E-state index in [0.29, 0.717) is 36.6 Å². The zero-order chi connectivity index (χ0) is 27.1. The molecule has 0 radical (unpaired) electrons. The highest BCUT2D eigenvalue weighted by Gasteiger charge is 2.71. The lowest BCUT2D eigenvalue weighted by Gasteiger charge is -2.37. The summed E-state index contributed by atoms with van der Waals surface area (Å²) in [6.07, 6.45) is 3.74. The highest BCUT2D eigenvalue weighted by atomic mass is 35.5. The molecular formula is C31H18Cl3NO3S. The van der Waals surface area contributed by atoms with Crippen LogP contribution in [0.1, 0.15) is 47.4 Å². The fraction of sp³-hybridized carbons (Fsp3) is 0.129. The van der Waals surface area contributed by atoms with Crippen molar-refractivity contribution in [2.75, 3.05) is 4.90 Å². The molecule has 192 valence electrons. The molecule has 1 saturated heterocycles. The number of carbonyl (C=O) groups excluding carboxylic acids is 3. The minimum absolute atomic E-state index is 0.185. The molecular weight excluding hydrogens is 573 g/mol. The van der Waals surface area contributed by atoms with Crippen LogP contribution in [0.25, 0.3) is 6.08 Å². The van der Waals surface area contributed by atoms with Gasteiger partial charge in [0.05, 0.1) is 10.9 Å². The van der Waals surface area contributed by atoms with Crippen LogP contribution < -0.4 is 4.90 Å². The Morgan fingerprint density at radius 3 is 2.21 bits per heavy atom. The first-order valence-corrected chi connectivity index (χ1v) is 14.3. The largest absolute Gasteiger partial charge is 0.352 e. The maximum absolute atomic E-state index is 14.6. The van der Waals surface area contributed by atoms with Gasteiger partial charge < -0.3 is 4.90 Å². The average molecular weight is 591 g/mol. The number of carbonyl (C=O) groups is 3. The minimum atomic E-state index is -1.62. The Morgan fingerprint density at radius 2 is 1.54 bits per heavy atom. The summed E-state index contributed by atoms with van der Waals surface area (Å²) in [5.41, 5.74) is 1.16. The molecule has 2 aliphatic heterocycles. The van der Waals surface area contributed by atoms with Crippen LogP contribution in [0.4, 0.5) is 5.69 Å². The SMILES string of the molecule is O=C(c1cccs1)[C@@H]1[C@H](c2ccc(Cl)cc2Cl)C2(C(=O)c3ccccc3C2=O)[C@@H]2C=Cc3cc(Cl)ccc3N12. The molecule has 3 atom stereocenters. The van der Waals surface area contributed by atoms with E-state index < -0.39 is 23.4 Å². The van der Waals surface area contributed by atoms with Crippen molar-refractivity contribution in [1.29, 1.82) is 0 Å². The van der Waals surface area contributed by atoms with Gasteiger partial charge in [-0.05, 0) is 52.9 Å². The topological polar surface area (TPSA) is 54.5 Å². The summed E-state index contributed by atoms with van der Waals surface area (Å²) in [4.78, 5) is 46.1. The molecule has 3 aromatic carbocycles. The fourth-order valence-electron chi connectivity index (χ4n) is 6.61. The number of rotatable bonds is 3. The molecule has 4 aromatic rings. The molecule has 39 heavy (non-hydrogen) atoms. The maximum Gasteiger partial charge on any atom is 0.195 e. The van der Waals surface area contributed by atoms with E-state index in [1.165, 1.54) is 11.3 Å². The minimum Gasteiger partial charge on any atom is -0.352 e. The summed E-state index contributed by atoms with van der Waals surface area (Å²) in [6, 6.07) is 19.3. The van der Waals surface area contributed by atoms with Crippen LogP contribution in [-0.4, -0.2) is 29.4 Å². The number of halogens is 3. The summed E-state index contributed by atoms with van der Waals surface area (Å²) in [5.74, 6) is -1.69. The number of anilines is 1. The predicted octanol–water partition coefficient (Wildman–Crippen LogP) is 8.02. The van der Waals surface area contributed by atoms with Gasteiger partial charge in [-0.15, -0.1) is 11.3 Å². The fourth-order valence-corrected chi connectivity index (χ4v) is 8.01. The Hall–Kier alpha value is -3.22. The van der Waals surface area contributed by atoms with E-state index in [9.17, 15) is 14.4 Å². The maximum atomic E-state index is 14.6. The van der Waals surface area contributed by atoms with E-state index in [0.717, 1.165) is 11.3 Å². The van der Waals surface area contributed by atoms with Gasteiger partial charge in [0, 0.05) is 37.8 Å². The molecule has 4 nitrogen and oxygen atoms in total. The van der Waals surface area contributed by atoms with E-state index in [4.69, 9.17) is 34.8 Å². The molecule has 8 heteroatoms. The van der Waals surface area contributed by atoms with Crippen molar-refractivity contribution in [3.8, 4) is 0 Å². The molecule has 1 aromatic heterocycles. The van der Waals surface area contributed by atoms with Crippen LogP contribution in [0.15, 0.2) is 84.3 Å². The molecule has 7 rings (SSSR count). The van der Waals surface area contributed by atoms with Crippen molar-refractivity contribution >= 4 is 75.3 Å². The second kappa shape index (κ2) is 8.90. The first kappa shape index (κ1) is 24.8. The third-order valence-electron chi connectivity index (χ3n) is 8.10. The zero-order valence-electron chi connectivity index (χ0n) is 20.1. The van der Waals surface area contributed by atoms with Crippen LogP contribution in [0.3, 0.4) is 0 Å². The molecule has 1 spiro atoms. The first-order chi connectivity index (χ1) is 18.8. The molecule has 1 fully saturated rings. The molecule has 3 aliphatic rings. The van der Waals surface area contributed by atoms with Gasteiger partial charge in [0.25, 0.3) is 0 Å². The number of thiophene rings is 1. The second-order valence-electron chi connectivity index (χ2n) is 9.92. The summed E-state index contributed by atoms with van der Waals surface area (Å²) in [5, 5.41) is 3.10. The van der Waals surface area contributed by atoms with Gasteiger partial charge in [0.1, 0.15) is 11.5 Å². The normalized spacial score (nSPS) is 22.2. The van der Waals surface area contributed by atoms with E-state index in [1.54, 1.807) is 54.6 Å². The van der Waals surface area contributed by atoms with Crippen molar-refractivity contribution in [1.82, 2.24) is 0 Å². The summed E-state index contributed by atoms with van der Waals surface area (Å²) in [6.45, 7) is 0. The molecule has 0 amide bonds. The summed E-state index contributed by atoms with van der Waals surface area (Å²) in [7, 11) is 0. The van der Waals surface area contributed by atoms with Crippen LogP contribution in [0, 0.1) is 5.41 Å². The van der Waals surface area contributed by atoms with Crippen molar-refractivity contribution in [2.45, 2.75) is 18.0 Å². The highest BCUT2D eigenvalue weighted by molar-refractivity contribution is 7.12. The molecule has 3 heterocycles. The second-order valence-corrected chi connectivity index (χ2v) is 12.1. The van der Waals surface area contributed by atoms with E-state index in [-0.39, 0.29) is 17.3 Å². The van der Waals surface area contributed by atoms with Gasteiger partial charge in [0.15, 0.2) is 17.3 Å². The smallest absolute Gasteiger partial charge is 0.195 e. The van der Waals surface area contributed by atoms with E-state index in [2.05, 4.69) is 0 Å². The van der Waals surface area contributed by atoms with E-state index >= 15 is 0 Å². The lowest BCUT2D eigenvalue weighted by Crippen LogP contribution is -2.48. The predicted molar refractivity (Wildman–Crippen MR) is 156 cm³/mol. The Morgan fingerprint density at radius 1 is 0.846 bits per heavy atom. The number of hydrogen-bond donors (Lipinski definition) is 0. The van der Waals surface area contributed by atoms with Crippen LogP contribution in [0.5, 0.6) is 0 Å². The van der Waals surface area contributed by atoms with Gasteiger partial charge in [-0.3, -0.25) is 14.4 Å². The van der Waals surface area contributed by atoms with Crippen molar-refractivity contribution in [3.05, 3.63) is 126 Å². The zero-order valence-corrected chi connectivity index (χ0v) is 23.2. The standard InChI is InChI=1S/C31H18Cl3NO3S/c32-17-9-11-23-16(14-17)7-12-25-31(29(37)19-4-1-2-5-20(19)30(31)38)26(21-10-8-18(33)15-22(21)34)27(35(23)25)28(36)24-6-3-13-39-24/h1-15,25-27H/t25-,26-,27-/m0/s1. The third kappa shape index (κ3) is 3.34. The summed E-state index contributed by atoms with van der Waals surface area (Å²) >= 11 is 20.8. The molecule has 0 saturated carbocycles. The number of nitrogens with zero attached hydrogens (tertiary/aromatic N) is 1. The quantitative estimate of drug-likeness (QED) is 0.179. The molecule has 1 aliphatic carbocycles. The molecule has 0 unspecified atom stereocenters.